The van der Waals surface area contributed by atoms with Crippen molar-refractivity contribution in [2.75, 3.05) is 18.4 Å². The number of nitrogens with zero attached hydrogens (tertiary/aromatic N) is 2. The fourth-order valence-corrected chi connectivity index (χ4v) is 2.04. The number of carbonyl (C=O) groups excluding carboxylic acids is 1. The molecule has 0 aliphatic carbocycles. The Labute approximate surface area is 119 Å². The van der Waals surface area contributed by atoms with Gasteiger partial charge in [0.2, 0.25) is 0 Å². The number of benzene rings is 1. The molecular formula is C15H20N4O. The van der Waals surface area contributed by atoms with Crippen LogP contribution in [0, 0.1) is 0 Å². The molecule has 0 aliphatic rings. The van der Waals surface area contributed by atoms with Gasteiger partial charge < -0.3 is 10.2 Å². The highest BCUT2D eigenvalue weighted by Gasteiger charge is 2.12. The SMILES string of the molecule is CCN(CC)C(=O)c1cccc(NCc2ccn[nH]2)c1. The van der Waals surface area contributed by atoms with Crippen molar-refractivity contribution >= 4 is 11.6 Å². The van der Waals surface area contributed by atoms with Gasteiger partial charge >= 0.3 is 0 Å². The second-order valence-electron chi connectivity index (χ2n) is 4.49. The number of amides is 1. The fourth-order valence-electron chi connectivity index (χ4n) is 2.04. The van der Waals surface area contributed by atoms with E-state index in [1.807, 2.05) is 49.1 Å². The van der Waals surface area contributed by atoms with Gasteiger partial charge in [-0.1, -0.05) is 6.07 Å². The van der Waals surface area contributed by atoms with E-state index in [0.29, 0.717) is 12.1 Å². The first-order valence-electron chi connectivity index (χ1n) is 6.86. The summed E-state index contributed by atoms with van der Waals surface area (Å²) < 4.78 is 0. The summed E-state index contributed by atoms with van der Waals surface area (Å²) in [5, 5.41) is 10.1. The van der Waals surface area contributed by atoms with E-state index >= 15 is 0 Å². The first-order chi connectivity index (χ1) is 9.74. The van der Waals surface area contributed by atoms with Crippen LogP contribution in [0.25, 0.3) is 0 Å². The topological polar surface area (TPSA) is 61.0 Å². The van der Waals surface area contributed by atoms with Crippen LogP contribution in [0.15, 0.2) is 36.5 Å². The van der Waals surface area contributed by atoms with Gasteiger partial charge in [-0.05, 0) is 38.1 Å². The molecular weight excluding hydrogens is 252 g/mol. The van der Waals surface area contributed by atoms with Gasteiger partial charge in [-0.2, -0.15) is 5.10 Å². The van der Waals surface area contributed by atoms with Gasteiger partial charge in [0, 0.05) is 30.5 Å². The molecule has 1 aromatic carbocycles. The Kier molecular flexibility index (Phi) is 4.76. The highest BCUT2D eigenvalue weighted by molar-refractivity contribution is 5.95. The zero-order valence-electron chi connectivity index (χ0n) is 11.9. The highest BCUT2D eigenvalue weighted by atomic mass is 16.2. The average molecular weight is 272 g/mol. The Balaban J connectivity index is 2.05. The first kappa shape index (κ1) is 14.1. The van der Waals surface area contributed by atoms with Crippen LogP contribution in [0.4, 0.5) is 5.69 Å². The lowest BCUT2D eigenvalue weighted by atomic mass is 10.1. The lowest BCUT2D eigenvalue weighted by molar-refractivity contribution is 0.0773. The van der Waals surface area contributed by atoms with Crippen molar-refractivity contribution in [2.45, 2.75) is 20.4 Å². The zero-order valence-corrected chi connectivity index (χ0v) is 11.9. The standard InChI is InChI=1S/C15H20N4O/c1-3-19(4-2)15(20)12-6-5-7-13(10-12)16-11-14-8-9-17-18-14/h5-10,16H,3-4,11H2,1-2H3,(H,17,18). The molecule has 2 aromatic rings. The molecule has 1 aromatic heterocycles. The maximum Gasteiger partial charge on any atom is 0.253 e. The molecule has 0 unspecified atom stereocenters. The predicted octanol–water partition coefficient (Wildman–Crippen LogP) is 2.50. The number of H-pyrrole nitrogens is 1. The van der Waals surface area contributed by atoms with Gasteiger partial charge in [0.1, 0.15) is 0 Å². The largest absolute Gasteiger partial charge is 0.379 e. The highest BCUT2D eigenvalue weighted by Crippen LogP contribution is 2.13. The molecule has 0 spiro atoms. The Morgan fingerprint density at radius 3 is 2.75 bits per heavy atom. The summed E-state index contributed by atoms with van der Waals surface area (Å²) in [6.45, 7) is 6.08. The van der Waals surface area contributed by atoms with Gasteiger partial charge in [0.25, 0.3) is 5.91 Å². The molecule has 1 amide bonds. The van der Waals surface area contributed by atoms with E-state index in [9.17, 15) is 4.79 Å². The molecule has 0 atom stereocenters. The normalized spacial score (nSPS) is 10.3. The van der Waals surface area contributed by atoms with Crippen LogP contribution in [0.2, 0.25) is 0 Å². The van der Waals surface area contributed by atoms with Crippen LogP contribution < -0.4 is 5.32 Å². The summed E-state index contributed by atoms with van der Waals surface area (Å²) in [7, 11) is 0. The third-order valence-electron chi connectivity index (χ3n) is 3.20. The summed E-state index contributed by atoms with van der Waals surface area (Å²) >= 11 is 0. The Bertz CT molecular complexity index is 547. The Morgan fingerprint density at radius 1 is 1.30 bits per heavy atom. The lowest BCUT2D eigenvalue weighted by Crippen LogP contribution is -2.30. The minimum atomic E-state index is 0.0696. The van der Waals surface area contributed by atoms with Crippen molar-refractivity contribution in [3.05, 3.63) is 47.8 Å². The van der Waals surface area contributed by atoms with Crippen molar-refractivity contribution in [1.82, 2.24) is 15.1 Å². The molecule has 0 radical (unpaired) electrons. The van der Waals surface area contributed by atoms with E-state index in [2.05, 4.69) is 15.5 Å². The molecule has 2 rings (SSSR count). The molecule has 1 heterocycles. The van der Waals surface area contributed by atoms with E-state index in [1.165, 1.54) is 0 Å². The summed E-state index contributed by atoms with van der Waals surface area (Å²) in [5.41, 5.74) is 2.64. The Hall–Kier alpha value is -2.30. The van der Waals surface area contributed by atoms with Crippen LogP contribution in [-0.4, -0.2) is 34.1 Å². The first-order valence-corrected chi connectivity index (χ1v) is 6.86. The van der Waals surface area contributed by atoms with Crippen LogP contribution in [0.5, 0.6) is 0 Å². The number of carbonyl (C=O) groups is 1. The third kappa shape index (κ3) is 3.38. The minimum absolute atomic E-state index is 0.0696. The number of anilines is 1. The van der Waals surface area contributed by atoms with Gasteiger partial charge in [-0.15, -0.1) is 0 Å². The van der Waals surface area contributed by atoms with E-state index in [0.717, 1.165) is 24.5 Å². The molecule has 106 valence electrons. The lowest BCUT2D eigenvalue weighted by Gasteiger charge is -2.19. The quantitative estimate of drug-likeness (QED) is 0.849. The molecule has 20 heavy (non-hydrogen) atoms. The van der Waals surface area contributed by atoms with Crippen LogP contribution in [-0.2, 0) is 6.54 Å². The van der Waals surface area contributed by atoms with E-state index < -0.39 is 0 Å². The van der Waals surface area contributed by atoms with Crippen LogP contribution in [0.3, 0.4) is 0 Å². The summed E-state index contributed by atoms with van der Waals surface area (Å²) in [4.78, 5) is 14.1. The zero-order chi connectivity index (χ0) is 14.4. The van der Waals surface area contributed by atoms with Gasteiger partial charge in [0.15, 0.2) is 0 Å². The fraction of sp³-hybridized carbons (Fsp3) is 0.333. The minimum Gasteiger partial charge on any atom is -0.379 e. The summed E-state index contributed by atoms with van der Waals surface area (Å²) in [6.07, 6.45) is 1.72. The second-order valence-corrected chi connectivity index (χ2v) is 4.49. The number of aromatic amines is 1. The van der Waals surface area contributed by atoms with Gasteiger partial charge in [0.05, 0.1) is 12.2 Å². The number of nitrogens with one attached hydrogen (secondary N) is 2. The van der Waals surface area contributed by atoms with Crippen molar-refractivity contribution < 1.29 is 4.79 Å². The predicted molar refractivity (Wildman–Crippen MR) is 79.6 cm³/mol. The Morgan fingerprint density at radius 2 is 2.10 bits per heavy atom. The van der Waals surface area contributed by atoms with Crippen molar-refractivity contribution in [3.63, 3.8) is 0 Å². The van der Waals surface area contributed by atoms with Crippen molar-refractivity contribution in [2.24, 2.45) is 0 Å². The molecule has 5 nitrogen and oxygen atoms in total. The smallest absolute Gasteiger partial charge is 0.253 e. The molecule has 2 N–H and O–H groups in total. The molecule has 0 saturated carbocycles. The third-order valence-corrected chi connectivity index (χ3v) is 3.20. The summed E-state index contributed by atoms with van der Waals surface area (Å²) in [6, 6.07) is 9.50. The van der Waals surface area contributed by atoms with E-state index in [4.69, 9.17) is 0 Å². The van der Waals surface area contributed by atoms with E-state index in [-0.39, 0.29) is 5.91 Å². The maximum atomic E-state index is 12.3. The van der Waals surface area contributed by atoms with E-state index in [1.54, 1.807) is 6.20 Å². The average Bonchev–Trinajstić information content (AvgIpc) is 3.00. The molecule has 0 fully saturated rings. The molecule has 0 bridgehead atoms. The van der Waals surface area contributed by atoms with Crippen LogP contribution in [0.1, 0.15) is 29.9 Å². The maximum absolute atomic E-state index is 12.3. The van der Waals surface area contributed by atoms with Crippen LogP contribution >= 0.6 is 0 Å². The molecule has 5 heteroatoms. The number of aromatic nitrogens is 2. The number of hydrogen-bond donors (Lipinski definition) is 2. The monoisotopic (exact) mass is 272 g/mol. The number of rotatable bonds is 6. The van der Waals surface area contributed by atoms with Gasteiger partial charge in [-0.25, -0.2) is 0 Å². The molecule has 0 aliphatic heterocycles. The molecule has 0 saturated heterocycles. The van der Waals surface area contributed by atoms with Crippen molar-refractivity contribution in [1.29, 1.82) is 0 Å². The van der Waals surface area contributed by atoms with Gasteiger partial charge in [-0.3, -0.25) is 9.89 Å². The summed E-state index contributed by atoms with van der Waals surface area (Å²) in [5.74, 6) is 0.0696. The van der Waals surface area contributed by atoms with Crippen molar-refractivity contribution in [3.8, 4) is 0 Å². The second kappa shape index (κ2) is 6.75. The number of hydrogen-bond acceptors (Lipinski definition) is 3.